The van der Waals surface area contributed by atoms with E-state index >= 15 is 0 Å². The quantitative estimate of drug-likeness (QED) is 0.361. The molecule has 146 valence electrons. The molecular formula is C21H31IO4. The van der Waals surface area contributed by atoms with E-state index in [2.05, 4.69) is 29.5 Å². The van der Waals surface area contributed by atoms with Gasteiger partial charge in [0.15, 0.2) is 0 Å². The lowest BCUT2D eigenvalue weighted by atomic mass is 9.87. The van der Waals surface area contributed by atoms with Gasteiger partial charge >= 0.3 is 11.9 Å². The first-order valence-electron chi connectivity index (χ1n) is 9.32. The van der Waals surface area contributed by atoms with Gasteiger partial charge in [0.25, 0.3) is 0 Å². The maximum atomic E-state index is 12.5. The number of carbonyl (C=O) groups excluding carboxylic acids is 1. The van der Waals surface area contributed by atoms with Gasteiger partial charge in [0.05, 0.1) is 11.8 Å². The third-order valence-corrected chi connectivity index (χ3v) is 4.98. The number of unbranched alkanes of at least 4 members (excludes halogenated alkanes) is 1. The molecule has 2 atom stereocenters. The molecule has 0 aliphatic rings. The van der Waals surface area contributed by atoms with Crippen molar-refractivity contribution in [2.24, 2.45) is 11.8 Å². The molecule has 26 heavy (non-hydrogen) atoms. The lowest BCUT2D eigenvalue weighted by Crippen LogP contribution is -2.31. The largest absolute Gasteiger partial charge is 0.481 e. The van der Waals surface area contributed by atoms with E-state index in [1.807, 2.05) is 45.0 Å². The molecule has 0 saturated carbocycles. The topological polar surface area (TPSA) is 63.6 Å². The zero-order chi connectivity index (χ0) is 19.7. The van der Waals surface area contributed by atoms with Gasteiger partial charge < -0.3 is 9.84 Å². The highest BCUT2D eigenvalue weighted by molar-refractivity contribution is 14.1. The predicted molar refractivity (Wildman–Crippen MR) is 112 cm³/mol. The molecule has 0 saturated heterocycles. The molecule has 0 amide bonds. The number of hydrogen-bond acceptors (Lipinski definition) is 3. The van der Waals surface area contributed by atoms with E-state index in [4.69, 9.17) is 4.74 Å². The number of halogens is 1. The molecule has 0 aliphatic carbocycles. The second-order valence-corrected chi connectivity index (χ2v) is 9.05. The Hall–Kier alpha value is -1.11. The van der Waals surface area contributed by atoms with Gasteiger partial charge in [0.2, 0.25) is 0 Å². The summed E-state index contributed by atoms with van der Waals surface area (Å²) < 4.78 is 6.68. The van der Waals surface area contributed by atoms with E-state index < -0.39 is 17.5 Å². The number of benzene rings is 1. The Kier molecular flexibility index (Phi) is 9.61. The highest BCUT2D eigenvalue weighted by Gasteiger charge is 2.30. The van der Waals surface area contributed by atoms with Crippen LogP contribution in [0.2, 0.25) is 0 Å². The summed E-state index contributed by atoms with van der Waals surface area (Å²) in [5, 5.41) is 9.63. The second kappa shape index (κ2) is 10.9. The Morgan fingerprint density at radius 2 is 1.73 bits per heavy atom. The van der Waals surface area contributed by atoms with Gasteiger partial charge in [0.1, 0.15) is 5.60 Å². The molecule has 0 spiro atoms. The molecule has 0 fully saturated rings. The first-order valence-corrected chi connectivity index (χ1v) is 10.4. The molecule has 1 rings (SSSR count). The van der Waals surface area contributed by atoms with Gasteiger partial charge in [-0.15, -0.1) is 0 Å². The Morgan fingerprint density at radius 1 is 1.12 bits per heavy atom. The minimum atomic E-state index is -0.833. The number of aliphatic carboxylic acids is 1. The van der Waals surface area contributed by atoms with Gasteiger partial charge in [-0.1, -0.05) is 31.9 Å². The van der Waals surface area contributed by atoms with Crippen LogP contribution in [-0.2, 0) is 20.7 Å². The molecule has 1 unspecified atom stereocenters. The van der Waals surface area contributed by atoms with Crippen molar-refractivity contribution in [2.75, 3.05) is 0 Å². The molecule has 0 bridgehead atoms. The van der Waals surface area contributed by atoms with Crippen LogP contribution in [0.4, 0.5) is 0 Å². The van der Waals surface area contributed by atoms with Crippen LogP contribution in [0.1, 0.15) is 65.4 Å². The van der Waals surface area contributed by atoms with Crippen molar-refractivity contribution in [1.82, 2.24) is 0 Å². The van der Waals surface area contributed by atoms with Crippen LogP contribution in [0.15, 0.2) is 24.3 Å². The van der Waals surface area contributed by atoms with E-state index in [0.717, 1.165) is 22.0 Å². The molecule has 4 nitrogen and oxygen atoms in total. The monoisotopic (exact) mass is 474 g/mol. The minimum Gasteiger partial charge on any atom is -0.481 e. The fourth-order valence-electron chi connectivity index (χ4n) is 2.85. The van der Waals surface area contributed by atoms with E-state index in [9.17, 15) is 14.7 Å². The molecule has 0 radical (unpaired) electrons. The van der Waals surface area contributed by atoms with E-state index in [1.165, 1.54) is 0 Å². The lowest BCUT2D eigenvalue weighted by molar-refractivity contribution is -0.161. The van der Waals surface area contributed by atoms with E-state index in [-0.39, 0.29) is 11.9 Å². The summed E-state index contributed by atoms with van der Waals surface area (Å²) in [6.45, 7) is 7.59. The van der Waals surface area contributed by atoms with Crippen molar-refractivity contribution in [1.29, 1.82) is 0 Å². The summed E-state index contributed by atoms with van der Waals surface area (Å²) >= 11 is 2.25. The second-order valence-electron chi connectivity index (χ2n) is 7.81. The number of aryl methyl sites for hydroxylation is 1. The number of carboxylic acids is 1. The number of hydrogen-bond donors (Lipinski definition) is 1. The molecule has 0 aromatic heterocycles. The number of carbonyl (C=O) groups is 2. The first-order chi connectivity index (χ1) is 12.1. The van der Waals surface area contributed by atoms with Crippen LogP contribution in [-0.4, -0.2) is 22.6 Å². The average Bonchev–Trinajstić information content (AvgIpc) is 2.53. The number of rotatable bonds is 10. The van der Waals surface area contributed by atoms with Gasteiger partial charge in [-0.05, 0) is 86.7 Å². The van der Waals surface area contributed by atoms with Crippen LogP contribution in [0.5, 0.6) is 0 Å². The fourth-order valence-corrected chi connectivity index (χ4v) is 3.20. The van der Waals surface area contributed by atoms with Gasteiger partial charge in [0, 0.05) is 3.57 Å². The molecule has 5 heteroatoms. The smallest absolute Gasteiger partial charge is 0.309 e. The molecule has 1 aromatic carbocycles. The van der Waals surface area contributed by atoms with Crippen LogP contribution in [0, 0.1) is 15.4 Å². The van der Waals surface area contributed by atoms with Gasteiger partial charge in [-0.2, -0.15) is 0 Å². The number of esters is 1. The van der Waals surface area contributed by atoms with Gasteiger partial charge in [-0.25, -0.2) is 0 Å². The summed E-state index contributed by atoms with van der Waals surface area (Å²) in [5.74, 6) is -2.00. The summed E-state index contributed by atoms with van der Waals surface area (Å²) in [7, 11) is 0. The van der Waals surface area contributed by atoms with Crippen LogP contribution in [0.25, 0.3) is 0 Å². The zero-order valence-corrected chi connectivity index (χ0v) is 18.4. The molecular weight excluding hydrogens is 443 g/mol. The summed E-state index contributed by atoms with van der Waals surface area (Å²) in [6.07, 6.45) is 4.12. The van der Waals surface area contributed by atoms with E-state index in [0.29, 0.717) is 25.7 Å². The molecule has 1 N–H and O–H groups in total. The molecule has 0 aliphatic heterocycles. The third kappa shape index (κ3) is 9.01. The average molecular weight is 474 g/mol. The SMILES string of the molecule is CCCCC(C[C@H](CCc1ccc(I)cc1)C(=O)O)C(=O)OC(C)(C)C. The Labute approximate surface area is 170 Å². The summed E-state index contributed by atoms with van der Waals surface area (Å²) in [5.41, 5.74) is 0.570. The Balaban J connectivity index is 2.75. The standard InChI is InChI=1S/C21H31IO4/c1-5-6-7-17(20(25)26-21(2,3)4)14-16(19(23)24)11-8-15-9-12-18(22)13-10-15/h9-10,12-13,16-17H,5-8,11,14H2,1-4H3,(H,23,24)/t16-,17?/m0/s1. The van der Waals surface area contributed by atoms with Gasteiger partial charge in [-0.3, -0.25) is 9.59 Å². The lowest BCUT2D eigenvalue weighted by Gasteiger charge is -2.25. The Morgan fingerprint density at radius 3 is 2.23 bits per heavy atom. The van der Waals surface area contributed by atoms with Crippen molar-refractivity contribution in [2.45, 2.75) is 71.8 Å². The molecule has 1 aromatic rings. The van der Waals surface area contributed by atoms with Crippen molar-refractivity contribution < 1.29 is 19.4 Å². The first kappa shape index (κ1) is 22.9. The van der Waals surface area contributed by atoms with Crippen molar-refractivity contribution in [3.63, 3.8) is 0 Å². The number of ether oxygens (including phenoxy) is 1. The highest BCUT2D eigenvalue weighted by Crippen LogP contribution is 2.26. The van der Waals surface area contributed by atoms with Crippen LogP contribution in [0.3, 0.4) is 0 Å². The summed E-state index contributed by atoms with van der Waals surface area (Å²) in [6, 6.07) is 8.11. The maximum Gasteiger partial charge on any atom is 0.309 e. The number of carboxylic acid groups (broad SMARTS) is 1. The minimum absolute atomic E-state index is 0.272. The maximum absolute atomic E-state index is 12.5. The highest BCUT2D eigenvalue weighted by atomic mass is 127. The predicted octanol–water partition coefficient (Wildman–Crippen LogP) is 5.46. The van der Waals surface area contributed by atoms with Crippen molar-refractivity contribution in [3.8, 4) is 0 Å². The van der Waals surface area contributed by atoms with Crippen LogP contribution >= 0.6 is 22.6 Å². The van der Waals surface area contributed by atoms with Crippen LogP contribution < -0.4 is 0 Å². The normalized spacial score (nSPS) is 13.9. The molecule has 0 heterocycles. The van der Waals surface area contributed by atoms with E-state index in [1.54, 1.807) is 0 Å². The Bertz CT molecular complexity index is 575. The summed E-state index contributed by atoms with van der Waals surface area (Å²) in [4.78, 5) is 24.3. The van der Waals surface area contributed by atoms with Crippen molar-refractivity contribution >= 4 is 34.5 Å². The van der Waals surface area contributed by atoms with Crippen molar-refractivity contribution in [3.05, 3.63) is 33.4 Å². The fraction of sp³-hybridized carbons (Fsp3) is 0.619. The third-order valence-electron chi connectivity index (χ3n) is 4.26. The zero-order valence-electron chi connectivity index (χ0n) is 16.3.